The minimum absolute atomic E-state index is 0.129. The number of hydrogen-bond acceptors (Lipinski definition) is 3. The van der Waals surface area contributed by atoms with Gasteiger partial charge in [-0.2, -0.15) is 8.42 Å². The Hall–Kier alpha value is -1.59. The van der Waals surface area contributed by atoms with Crippen LogP contribution >= 0.6 is 10.7 Å². The molecule has 0 saturated carbocycles. The second-order valence-electron chi connectivity index (χ2n) is 5.08. The molecule has 0 saturated heterocycles. The zero-order chi connectivity index (χ0) is 15.6. The Morgan fingerprint density at radius 2 is 1.90 bits per heavy atom. The third kappa shape index (κ3) is 3.95. The standard InChI is InChI=1S/C15H17ClN2O2S/c1-10(2)14-13(9-12-7-5-4-6-8-12)11(3)17-15(14)18-21(16,19)20/h4-9,11H,1-3H3,(H,17,18)/b13-9-. The molecule has 1 aromatic rings. The molecule has 2 rings (SSSR count). The van der Waals surface area contributed by atoms with E-state index in [1.807, 2.05) is 57.2 Å². The van der Waals surface area contributed by atoms with E-state index in [4.69, 9.17) is 10.7 Å². The number of nitrogens with zero attached hydrogens (tertiary/aromatic N) is 1. The molecule has 1 unspecified atom stereocenters. The largest absolute Gasteiger partial charge is 0.320 e. The van der Waals surface area contributed by atoms with Crippen LogP contribution in [-0.4, -0.2) is 20.3 Å². The van der Waals surface area contributed by atoms with Crippen LogP contribution in [-0.2, 0) is 9.24 Å². The molecular formula is C15H17ClN2O2S. The molecule has 1 N–H and O–H groups in total. The van der Waals surface area contributed by atoms with Crippen LogP contribution in [0.15, 0.2) is 52.0 Å². The Labute approximate surface area is 129 Å². The molecule has 0 amide bonds. The zero-order valence-corrected chi connectivity index (χ0v) is 13.7. The summed E-state index contributed by atoms with van der Waals surface area (Å²) in [5.74, 6) is 0.305. The fourth-order valence-corrected chi connectivity index (χ4v) is 2.92. The van der Waals surface area contributed by atoms with Crippen LogP contribution in [0, 0.1) is 0 Å². The maximum absolute atomic E-state index is 11.3. The summed E-state index contributed by atoms with van der Waals surface area (Å²) in [4.78, 5) is 4.37. The Balaban J connectivity index is 2.46. The molecule has 1 aliphatic heterocycles. The number of amidine groups is 1. The average molecular weight is 325 g/mol. The van der Waals surface area contributed by atoms with Crippen LogP contribution in [0.25, 0.3) is 6.08 Å². The van der Waals surface area contributed by atoms with E-state index in [1.165, 1.54) is 0 Å². The van der Waals surface area contributed by atoms with Gasteiger partial charge in [-0.15, -0.1) is 0 Å². The van der Waals surface area contributed by atoms with E-state index >= 15 is 0 Å². The fourth-order valence-electron chi connectivity index (χ4n) is 2.31. The van der Waals surface area contributed by atoms with E-state index in [0.717, 1.165) is 22.3 Å². The molecule has 1 atom stereocenters. The minimum Gasteiger partial charge on any atom is -0.259 e. The van der Waals surface area contributed by atoms with Gasteiger partial charge in [0, 0.05) is 16.3 Å². The van der Waals surface area contributed by atoms with E-state index in [2.05, 4.69) is 9.71 Å². The molecular weight excluding hydrogens is 308 g/mol. The van der Waals surface area contributed by atoms with Crippen molar-refractivity contribution in [2.75, 3.05) is 0 Å². The lowest BCUT2D eigenvalue weighted by Gasteiger charge is -2.10. The lowest BCUT2D eigenvalue weighted by Crippen LogP contribution is -2.27. The second kappa shape index (κ2) is 6.03. The molecule has 21 heavy (non-hydrogen) atoms. The van der Waals surface area contributed by atoms with Gasteiger partial charge in [0.25, 0.3) is 0 Å². The van der Waals surface area contributed by atoms with Crippen molar-refractivity contribution in [3.8, 4) is 0 Å². The quantitative estimate of drug-likeness (QED) is 0.849. The van der Waals surface area contributed by atoms with Gasteiger partial charge < -0.3 is 0 Å². The number of hydrogen-bond donors (Lipinski definition) is 1. The summed E-state index contributed by atoms with van der Waals surface area (Å²) in [5, 5.41) is 0. The van der Waals surface area contributed by atoms with Crippen molar-refractivity contribution in [1.29, 1.82) is 0 Å². The maximum atomic E-state index is 11.3. The molecule has 112 valence electrons. The van der Waals surface area contributed by atoms with E-state index < -0.39 is 9.24 Å². The molecule has 6 heteroatoms. The van der Waals surface area contributed by atoms with Crippen molar-refractivity contribution < 1.29 is 8.42 Å². The molecule has 1 heterocycles. The Kier molecular flexibility index (Phi) is 4.54. The summed E-state index contributed by atoms with van der Waals surface area (Å²) in [6.45, 7) is 5.77. The topological polar surface area (TPSA) is 58.5 Å². The van der Waals surface area contributed by atoms with Gasteiger partial charge in [0.05, 0.1) is 6.04 Å². The van der Waals surface area contributed by atoms with Crippen LogP contribution < -0.4 is 4.72 Å². The lowest BCUT2D eigenvalue weighted by atomic mass is 9.96. The van der Waals surface area contributed by atoms with Crippen LogP contribution in [0.4, 0.5) is 0 Å². The summed E-state index contributed by atoms with van der Waals surface area (Å²) in [6.07, 6.45) is 2.02. The van der Waals surface area contributed by atoms with E-state index in [0.29, 0.717) is 5.84 Å². The third-order valence-corrected chi connectivity index (χ3v) is 3.81. The first-order valence-electron chi connectivity index (χ1n) is 6.53. The van der Waals surface area contributed by atoms with E-state index in [1.54, 1.807) is 0 Å². The number of allylic oxidation sites excluding steroid dienone is 1. The van der Waals surface area contributed by atoms with E-state index in [-0.39, 0.29) is 6.04 Å². The fraction of sp³-hybridized carbons (Fsp3) is 0.267. The molecule has 0 radical (unpaired) electrons. The Bertz CT molecular complexity index is 730. The van der Waals surface area contributed by atoms with Crippen molar-refractivity contribution in [2.45, 2.75) is 26.8 Å². The van der Waals surface area contributed by atoms with Crippen LogP contribution in [0.5, 0.6) is 0 Å². The highest BCUT2D eigenvalue weighted by atomic mass is 35.7. The van der Waals surface area contributed by atoms with Crippen molar-refractivity contribution >= 4 is 31.8 Å². The van der Waals surface area contributed by atoms with Crippen LogP contribution in [0.2, 0.25) is 0 Å². The second-order valence-corrected chi connectivity index (χ2v) is 7.38. The molecule has 0 spiro atoms. The number of aliphatic imine (C=N–C) groups is 1. The molecule has 0 aliphatic carbocycles. The minimum atomic E-state index is -3.86. The normalized spacial score (nSPS) is 20.6. The van der Waals surface area contributed by atoms with Gasteiger partial charge in [-0.25, -0.2) is 0 Å². The summed E-state index contributed by atoms with van der Waals surface area (Å²) in [6, 6.07) is 9.72. The third-order valence-electron chi connectivity index (χ3n) is 3.14. The summed E-state index contributed by atoms with van der Waals surface area (Å²) in [7, 11) is 1.41. The van der Waals surface area contributed by atoms with Gasteiger partial charge in [-0.1, -0.05) is 35.9 Å². The Morgan fingerprint density at radius 3 is 2.43 bits per heavy atom. The molecule has 0 bridgehead atoms. The van der Waals surface area contributed by atoms with Crippen LogP contribution in [0.3, 0.4) is 0 Å². The number of nitrogens with one attached hydrogen (secondary N) is 1. The zero-order valence-electron chi connectivity index (χ0n) is 12.1. The molecule has 4 nitrogen and oxygen atoms in total. The molecule has 0 aromatic heterocycles. The first-order valence-corrected chi connectivity index (χ1v) is 8.84. The highest BCUT2D eigenvalue weighted by Gasteiger charge is 2.28. The smallest absolute Gasteiger partial charge is 0.259 e. The number of halogens is 1. The predicted molar refractivity (Wildman–Crippen MR) is 87.6 cm³/mol. The van der Waals surface area contributed by atoms with Gasteiger partial charge in [-0.3, -0.25) is 9.71 Å². The first-order chi connectivity index (χ1) is 9.78. The van der Waals surface area contributed by atoms with Gasteiger partial charge in [0.1, 0.15) is 5.84 Å². The maximum Gasteiger partial charge on any atom is 0.320 e. The van der Waals surface area contributed by atoms with Gasteiger partial charge in [-0.05, 0) is 38.0 Å². The van der Waals surface area contributed by atoms with Gasteiger partial charge in [0.2, 0.25) is 0 Å². The summed E-state index contributed by atoms with van der Waals surface area (Å²) >= 11 is 0. The highest BCUT2D eigenvalue weighted by molar-refractivity contribution is 8.12. The van der Waals surface area contributed by atoms with Crippen molar-refractivity contribution in [3.05, 3.63) is 52.6 Å². The van der Waals surface area contributed by atoms with Crippen molar-refractivity contribution in [2.24, 2.45) is 4.99 Å². The number of rotatable bonds is 2. The summed E-state index contributed by atoms with van der Waals surface area (Å²) < 4.78 is 24.8. The number of benzene rings is 1. The monoisotopic (exact) mass is 324 g/mol. The Morgan fingerprint density at radius 1 is 1.29 bits per heavy atom. The SMILES string of the molecule is CC(C)=C1C(NS(=O)(=O)Cl)=NC(C)/C1=C/c1ccccc1. The molecule has 1 aliphatic rings. The molecule has 0 fully saturated rings. The predicted octanol–water partition coefficient (Wildman–Crippen LogP) is 3.28. The van der Waals surface area contributed by atoms with Crippen molar-refractivity contribution in [1.82, 2.24) is 4.72 Å². The van der Waals surface area contributed by atoms with Crippen LogP contribution in [0.1, 0.15) is 26.3 Å². The summed E-state index contributed by atoms with van der Waals surface area (Å²) in [5.41, 5.74) is 3.80. The average Bonchev–Trinajstić information content (AvgIpc) is 2.64. The highest BCUT2D eigenvalue weighted by Crippen LogP contribution is 2.30. The van der Waals surface area contributed by atoms with Gasteiger partial charge in [0.15, 0.2) is 0 Å². The van der Waals surface area contributed by atoms with Gasteiger partial charge >= 0.3 is 9.24 Å². The lowest BCUT2D eigenvalue weighted by molar-refractivity contribution is 0.606. The van der Waals surface area contributed by atoms with E-state index in [9.17, 15) is 8.42 Å². The van der Waals surface area contributed by atoms with Crippen molar-refractivity contribution in [3.63, 3.8) is 0 Å². The first kappa shape index (κ1) is 15.8. The molecule has 1 aromatic carbocycles.